The van der Waals surface area contributed by atoms with Crippen LogP contribution in [0.15, 0.2) is 36.8 Å². The number of nitrogens with zero attached hydrogens (tertiary/aromatic N) is 6. The zero-order chi connectivity index (χ0) is 19.3. The van der Waals surface area contributed by atoms with Crippen LogP contribution in [0.25, 0.3) is 0 Å². The Labute approximate surface area is 164 Å². The quantitative estimate of drug-likeness (QED) is 0.542. The van der Waals surface area contributed by atoms with E-state index in [1.165, 1.54) is 19.1 Å². The maximum Gasteiger partial charge on any atom is 0.229 e. The van der Waals surface area contributed by atoms with E-state index < -0.39 is 0 Å². The molecule has 0 saturated carbocycles. The van der Waals surface area contributed by atoms with E-state index in [0.29, 0.717) is 23.9 Å². The van der Waals surface area contributed by atoms with E-state index in [4.69, 9.17) is 10.4 Å². The molecule has 0 bridgehead atoms. The smallest absolute Gasteiger partial charge is 0.229 e. The molecular formula is C19H25N9. The molecule has 0 unspecified atom stereocenters. The Bertz CT molecular complexity index is 966. The lowest BCUT2D eigenvalue weighted by molar-refractivity contribution is 0.768. The molecule has 0 spiro atoms. The molecule has 3 aromatic rings. The van der Waals surface area contributed by atoms with Gasteiger partial charge in [0, 0.05) is 40.2 Å². The summed E-state index contributed by atoms with van der Waals surface area (Å²) in [6.07, 6.45) is 8.85. The number of rotatable bonds is 7. The number of hydrogen-bond donors (Lipinski definition) is 3. The van der Waals surface area contributed by atoms with Crippen LogP contribution in [-0.4, -0.2) is 44.0 Å². The van der Waals surface area contributed by atoms with Crippen LogP contribution >= 0.6 is 0 Å². The van der Waals surface area contributed by atoms with Crippen LogP contribution < -0.4 is 15.5 Å². The highest BCUT2D eigenvalue weighted by Gasteiger charge is 2.14. The summed E-state index contributed by atoms with van der Waals surface area (Å²) in [4.78, 5) is 15.8. The van der Waals surface area contributed by atoms with Crippen molar-refractivity contribution in [1.82, 2.24) is 24.7 Å². The summed E-state index contributed by atoms with van der Waals surface area (Å²) in [5.74, 6) is 2.05. The molecule has 0 radical (unpaired) electrons. The minimum absolute atomic E-state index is 0. The third-order valence-electron chi connectivity index (χ3n) is 4.59. The van der Waals surface area contributed by atoms with Crippen LogP contribution in [0, 0.1) is 5.41 Å². The molecule has 3 N–H and O–H groups in total. The summed E-state index contributed by atoms with van der Waals surface area (Å²) < 4.78 is 1.70. The second-order valence-electron chi connectivity index (χ2n) is 6.70. The molecule has 0 atom stereocenters. The Kier molecular flexibility index (Phi) is 5.14. The molecule has 28 heavy (non-hydrogen) atoms. The van der Waals surface area contributed by atoms with Crippen molar-refractivity contribution in [2.45, 2.75) is 19.4 Å². The van der Waals surface area contributed by atoms with Crippen molar-refractivity contribution in [2.24, 2.45) is 7.05 Å². The summed E-state index contributed by atoms with van der Waals surface area (Å²) >= 11 is 0. The lowest BCUT2D eigenvalue weighted by atomic mass is 10.3. The molecule has 0 aromatic carbocycles. The Morgan fingerprint density at radius 2 is 2.07 bits per heavy atom. The number of anilines is 4. The molecule has 1 saturated heterocycles. The number of pyridine rings is 1. The van der Waals surface area contributed by atoms with Gasteiger partial charge in [0.2, 0.25) is 5.95 Å². The van der Waals surface area contributed by atoms with Gasteiger partial charge in [-0.05, 0) is 25.0 Å². The minimum atomic E-state index is 0. The molecular weight excluding hydrogens is 354 g/mol. The average Bonchev–Trinajstić information content (AvgIpc) is 3.39. The summed E-state index contributed by atoms with van der Waals surface area (Å²) in [6.45, 7) is 2.65. The Morgan fingerprint density at radius 1 is 1.21 bits per heavy atom. The van der Waals surface area contributed by atoms with Crippen molar-refractivity contribution in [3.63, 3.8) is 0 Å². The minimum Gasteiger partial charge on any atom is -0.364 e. The highest BCUT2D eigenvalue weighted by molar-refractivity contribution is 5.84. The summed E-state index contributed by atoms with van der Waals surface area (Å²) in [5.41, 5.74) is 2.35. The second kappa shape index (κ2) is 8.03. The topological polar surface area (TPSA) is 108 Å². The van der Waals surface area contributed by atoms with E-state index in [9.17, 15) is 0 Å². The fraction of sp³-hybridized carbons (Fsp3) is 0.316. The Balaban J connectivity index is 0.00000240. The van der Waals surface area contributed by atoms with Crippen molar-refractivity contribution in [3.05, 3.63) is 48.0 Å². The zero-order valence-corrected chi connectivity index (χ0v) is 15.8. The van der Waals surface area contributed by atoms with Gasteiger partial charge < -0.3 is 20.9 Å². The molecule has 9 nitrogen and oxygen atoms in total. The lowest BCUT2D eigenvalue weighted by Crippen LogP contribution is -2.19. The molecule has 1 aliphatic heterocycles. The van der Waals surface area contributed by atoms with Crippen molar-refractivity contribution >= 4 is 29.5 Å². The third kappa shape index (κ3) is 4.08. The molecule has 146 valence electrons. The normalized spacial score (nSPS) is 13.5. The molecule has 1 aliphatic rings. The highest BCUT2D eigenvalue weighted by atomic mass is 15.3. The van der Waals surface area contributed by atoms with E-state index in [-0.39, 0.29) is 1.43 Å². The van der Waals surface area contributed by atoms with Gasteiger partial charge in [0.15, 0.2) is 0 Å². The van der Waals surface area contributed by atoms with Crippen molar-refractivity contribution in [1.29, 1.82) is 5.41 Å². The van der Waals surface area contributed by atoms with E-state index in [1.54, 1.807) is 17.1 Å². The van der Waals surface area contributed by atoms with Crippen molar-refractivity contribution in [2.75, 3.05) is 28.6 Å². The van der Waals surface area contributed by atoms with Gasteiger partial charge in [-0.25, -0.2) is 9.97 Å². The number of aryl methyl sites for hydroxylation is 1. The van der Waals surface area contributed by atoms with Crippen LogP contribution in [0.1, 0.15) is 25.5 Å². The Hall–Kier alpha value is -3.49. The third-order valence-corrected chi connectivity index (χ3v) is 4.59. The lowest BCUT2D eigenvalue weighted by Gasteiger charge is -2.17. The first kappa shape index (κ1) is 17.9. The van der Waals surface area contributed by atoms with Gasteiger partial charge in [-0.15, -0.1) is 0 Å². The maximum absolute atomic E-state index is 7.61. The highest BCUT2D eigenvalue weighted by Crippen LogP contribution is 2.19. The van der Waals surface area contributed by atoms with E-state index in [0.717, 1.165) is 30.3 Å². The molecule has 0 amide bonds. The summed E-state index contributed by atoms with van der Waals surface area (Å²) in [5, 5.41) is 18.1. The predicted octanol–water partition coefficient (Wildman–Crippen LogP) is 2.80. The molecule has 4 rings (SSSR count). The van der Waals surface area contributed by atoms with Gasteiger partial charge in [0.25, 0.3) is 0 Å². The summed E-state index contributed by atoms with van der Waals surface area (Å²) in [6, 6.07) is 6.08. The van der Waals surface area contributed by atoms with Crippen LogP contribution in [0.4, 0.5) is 23.3 Å². The van der Waals surface area contributed by atoms with Crippen LogP contribution in [0.2, 0.25) is 0 Å². The number of aromatic nitrogens is 5. The maximum atomic E-state index is 7.61. The number of hydrogen-bond acceptors (Lipinski definition) is 8. The van der Waals surface area contributed by atoms with Gasteiger partial charge in [-0.1, -0.05) is 6.07 Å². The zero-order valence-electron chi connectivity index (χ0n) is 15.8. The monoisotopic (exact) mass is 379 g/mol. The first-order valence-electron chi connectivity index (χ1n) is 9.29. The average molecular weight is 379 g/mol. The van der Waals surface area contributed by atoms with Crippen LogP contribution in [0.5, 0.6) is 0 Å². The molecule has 0 aliphatic carbocycles. The fourth-order valence-electron chi connectivity index (χ4n) is 3.18. The first-order valence-corrected chi connectivity index (χ1v) is 9.29. The molecule has 9 heteroatoms. The van der Waals surface area contributed by atoms with E-state index in [2.05, 4.69) is 36.7 Å². The summed E-state index contributed by atoms with van der Waals surface area (Å²) in [7, 11) is 1.85. The van der Waals surface area contributed by atoms with Gasteiger partial charge in [-0.2, -0.15) is 10.1 Å². The van der Waals surface area contributed by atoms with E-state index in [1.807, 2.05) is 25.4 Å². The first-order chi connectivity index (χ1) is 13.7. The SMILES string of the molecule is Cn1cc(Nc2ncc(C=N)c(NCc3cccc(N4CCCC4)n3)n2)cn1.[HH]. The largest absolute Gasteiger partial charge is 0.364 e. The predicted molar refractivity (Wildman–Crippen MR) is 112 cm³/mol. The van der Waals surface area contributed by atoms with Gasteiger partial charge in [0.05, 0.1) is 29.7 Å². The number of nitrogens with one attached hydrogen (secondary N) is 3. The van der Waals surface area contributed by atoms with Crippen LogP contribution in [-0.2, 0) is 13.6 Å². The van der Waals surface area contributed by atoms with Gasteiger partial charge >= 0.3 is 0 Å². The fourth-order valence-corrected chi connectivity index (χ4v) is 3.18. The standard InChI is InChI=1S/C19H23N9.H2/c1-27-13-16(12-23-27)25-19-22-10-14(9-20)18(26-19)21-11-15-5-4-6-17(24-15)28-7-2-3-8-28;/h4-6,9-10,12-13,20H,2-3,7-8,11H2,1H3,(H2,21,22,25,26);1H. The van der Waals surface area contributed by atoms with Crippen molar-refractivity contribution < 1.29 is 1.43 Å². The molecule has 4 heterocycles. The van der Waals surface area contributed by atoms with Gasteiger partial charge in [0.1, 0.15) is 11.6 Å². The van der Waals surface area contributed by atoms with Crippen LogP contribution in [0.3, 0.4) is 0 Å². The molecule has 3 aromatic heterocycles. The molecule has 1 fully saturated rings. The van der Waals surface area contributed by atoms with Gasteiger partial charge in [-0.3, -0.25) is 4.68 Å². The second-order valence-corrected chi connectivity index (χ2v) is 6.70. The van der Waals surface area contributed by atoms with E-state index >= 15 is 0 Å². The Morgan fingerprint density at radius 3 is 2.82 bits per heavy atom. The van der Waals surface area contributed by atoms with Crippen molar-refractivity contribution in [3.8, 4) is 0 Å².